The van der Waals surface area contributed by atoms with Crippen molar-refractivity contribution >= 4 is 16.9 Å². The zero-order chi connectivity index (χ0) is 15.7. The first-order valence-corrected chi connectivity index (χ1v) is 6.88. The largest absolute Gasteiger partial charge is 0.497 e. The second kappa shape index (κ2) is 5.60. The van der Waals surface area contributed by atoms with Crippen LogP contribution in [-0.4, -0.2) is 22.8 Å². The minimum Gasteiger partial charge on any atom is -0.497 e. The molecule has 1 aromatic carbocycles. The maximum atomic E-state index is 12.4. The molecule has 21 heavy (non-hydrogen) atoms. The van der Waals surface area contributed by atoms with Crippen LogP contribution in [-0.2, 0) is 0 Å². The van der Waals surface area contributed by atoms with Gasteiger partial charge in [-0.05, 0) is 32.4 Å². The number of benzene rings is 1. The van der Waals surface area contributed by atoms with Gasteiger partial charge in [-0.1, -0.05) is 6.92 Å². The second-order valence-corrected chi connectivity index (χ2v) is 5.12. The van der Waals surface area contributed by atoms with Gasteiger partial charge >= 0.3 is 5.97 Å². The number of carbonyl (C=O) groups is 1. The van der Waals surface area contributed by atoms with E-state index >= 15 is 0 Å². The van der Waals surface area contributed by atoms with Gasteiger partial charge in [0, 0.05) is 23.1 Å². The van der Waals surface area contributed by atoms with Crippen LogP contribution in [0.15, 0.2) is 23.0 Å². The van der Waals surface area contributed by atoms with E-state index in [2.05, 4.69) is 0 Å². The molecule has 1 heterocycles. The smallest absolute Gasteiger partial charge is 0.352 e. The first-order valence-electron chi connectivity index (χ1n) is 6.88. The van der Waals surface area contributed by atoms with E-state index in [-0.39, 0.29) is 22.7 Å². The second-order valence-electron chi connectivity index (χ2n) is 5.12. The Balaban J connectivity index is 3.03. The summed E-state index contributed by atoms with van der Waals surface area (Å²) >= 11 is 0. The van der Waals surface area contributed by atoms with Gasteiger partial charge in [-0.3, -0.25) is 4.79 Å². The number of methoxy groups -OCH3 is 1. The molecular weight excluding hydrogens is 270 g/mol. The maximum absolute atomic E-state index is 12.4. The van der Waals surface area contributed by atoms with Crippen molar-refractivity contribution in [2.24, 2.45) is 0 Å². The molecule has 112 valence electrons. The number of fused-ring (bicyclic) bond motifs is 1. The Kier molecular flexibility index (Phi) is 4.02. The van der Waals surface area contributed by atoms with Crippen molar-refractivity contribution in [3.05, 3.63) is 39.7 Å². The predicted molar refractivity (Wildman–Crippen MR) is 81.5 cm³/mol. The van der Waals surface area contributed by atoms with E-state index in [0.717, 1.165) is 6.42 Å². The van der Waals surface area contributed by atoms with Gasteiger partial charge in [0.2, 0.25) is 0 Å². The minimum atomic E-state index is -1.09. The summed E-state index contributed by atoms with van der Waals surface area (Å²) in [6, 6.07) is 5.08. The molecular formula is C16H19NO4. The predicted octanol–water partition coefficient (Wildman–Crippen LogP) is 2.99. The molecule has 0 saturated heterocycles. The van der Waals surface area contributed by atoms with Crippen LogP contribution >= 0.6 is 0 Å². The number of hydrogen-bond donors (Lipinski definition) is 1. The molecule has 0 saturated carbocycles. The lowest BCUT2D eigenvalue weighted by Crippen LogP contribution is -2.24. The van der Waals surface area contributed by atoms with Gasteiger partial charge < -0.3 is 14.4 Å². The van der Waals surface area contributed by atoms with Crippen molar-refractivity contribution in [2.45, 2.75) is 33.2 Å². The van der Waals surface area contributed by atoms with Crippen LogP contribution in [0.3, 0.4) is 0 Å². The Hall–Kier alpha value is -2.30. The summed E-state index contributed by atoms with van der Waals surface area (Å²) in [7, 11) is 1.54. The third kappa shape index (κ3) is 2.39. The Bertz CT molecular complexity index is 761. The van der Waals surface area contributed by atoms with Crippen LogP contribution in [0.2, 0.25) is 0 Å². The van der Waals surface area contributed by atoms with Crippen molar-refractivity contribution in [1.82, 2.24) is 4.57 Å². The minimum absolute atomic E-state index is 0.0370. The molecule has 0 spiro atoms. The summed E-state index contributed by atoms with van der Waals surface area (Å²) < 4.78 is 6.92. The lowest BCUT2D eigenvalue weighted by molar-refractivity contribution is 0.0681. The summed E-state index contributed by atoms with van der Waals surface area (Å²) in [6.07, 6.45) is 0.759. The zero-order valence-electron chi connectivity index (χ0n) is 12.6. The van der Waals surface area contributed by atoms with Gasteiger partial charge in [0.15, 0.2) is 5.43 Å². The average molecular weight is 289 g/mol. The summed E-state index contributed by atoms with van der Waals surface area (Å²) in [6.45, 7) is 5.49. The van der Waals surface area contributed by atoms with Crippen LogP contribution in [0.5, 0.6) is 5.75 Å². The highest BCUT2D eigenvalue weighted by atomic mass is 16.5. The normalized spacial score (nSPS) is 12.4. The van der Waals surface area contributed by atoms with Crippen LogP contribution in [0.4, 0.5) is 0 Å². The highest BCUT2D eigenvalue weighted by Crippen LogP contribution is 2.26. The molecule has 2 aromatic rings. The van der Waals surface area contributed by atoms with Gasteiger partial charge in [0.25, 0.3) is 0 Å². The molecule has 0 bridgehead atoms. The van der Waals surface area contributed by atoms with E-state index in [1.165, 1.54) is 0 Å². The van der Waals surface area contributed by atoms with Crippen LogP contribution in [0, 0.1) is 6.92 Å². The molecule has 5 nitrogen and oxygen atoms in total. The number of ether oxygens (including phenoxy) is 1. The number of pyridine rings is 1. The van der Waals surface area contributed by atoms with Crippen molar-refractivity contribution < 1.29 is 14.6 Å². The first-order chi connectivity index (χ1) is 9.92. The van der Waals surface area contributed by atoms with E-state index in [4.69, 9.17) is 4.74 Å². The van der Waals surface area contributed by atoms with E-state index < -0.39 is 5.97 Å². The lowest BCUT2D eigenvalue weighted by atomic mass is 10.1. The van der Waals surface area contributed by atoms with E-state index in [1.54, 1.807) is 36.8 Å². The Labute approximate surface area is 122 Å². The topological polar surface area (TPSA) is 68.5 Å². The third-order valence-corrected chi connectivity index (χ3v) is 3.88. The maximum Gasteiger partial charge on any atom is 0.352 e. The number of carboxylic acid groups (broad SMARTS) is 1. The number of rotatable bonds is 4. The summed E-state index contributed by atoms with van der Waals surface area (Å²) in [5.74, 6) is -0.492. The zero-order valence-corrected chi connectivity index (χ0v) is 12.6. The number of aromatic carboxylic acids is 1. The monoisotopic (exact) mass is 289 g/mol. The molecule has 1 N–H and O–H groups in total. The molecule has 0 aliphatic carbocycles. The fraction of sp³-hybridized carbons (Fsp3) is 0.375. The van der Waals surface area contributed by atoms with E-state index in [9.17, 15) is 14.7 Å². The molecule has 0 fully saturated rings. The Morgan fingerprint density at radius 1 is 1.43 bits per heavy atom. The van der Waals surface area contributed by atoms with Gasteiger partial charge in [-0.25, -0.2) is 4.79 Å². The van der Waals surface area contributed by atoms with Crippen LogP contribution in [0.1, 0.15) is 42.4 Å². The summed E-state index contributed by atoms with van der Waals surface area (Å²) in [5, 5.41) is 10.0. The molecule has 0 aliphatic heterocycles. The average Bonchev–Trinajstić information content (AvgIpc) is 2.48. The van der Waals surface area contributed by atoms with Crippen LogP contribution < -0.4 is 10.2 Å². The Morgan fingerprint density at radius 2 is 2.10 bits per heavy atom. The molecule has 0 amide bonds. The number of carboxylic acids is 1. The number of nitrogens with zero attached hydrogens (tertiary/aromatic N) is 1. The first kappa shape index (κ1) is 15.1. The Morgan fingerprint density at radius 3 is 2.62 bits per heavy atom. The molecule has 1 atom stereocenters. The van der Waals surface area contributed by atoms with Crippen molar-refractivity contribution in [3.63, 3.8) is 0 Å². The molecule has 1 aromatic heterocycles. The van der Waals surface area contributed by atoms with Gasteiger partial charge in [-0.2, -0.15) is 0 Å². The van der Waals surface area contributed by atoms with Crippen molar-refractivity contribution in [2.75, 3.05) is 7.11 Å². The standard InChI is InChI=1S/C16H19NO4/c1-5-9(2)17-13-8-11(21-4)6-7-12(13)15(18)10(3)14(17)16(19)20/h6-9H,5H2,1-4H3,(H,19,20). The van der Waals surface area contributed by atoms with Crippen LogP contribution in [0.25, 0.3) is 10.9 Å². The SMILES string of the molecule is CCC(C)n1c(C(=O)O)c(C)c(=O)c2ccc(OC)cc21. The summed E-state index contributed by atoms with van der Waals surface area (Å²) in [4.78, 5) is 24.0. The molecule has 5 heteroatoms. The highest BCUT2D eigenvalue weighted by Gasteiger charge is 2.22. The quantitative estimate of drug-likeness (QED) is 0.939. The number of aromatic nitrogens is 1. The van der Waals surface area contributed by atoms with E-state index in [1.807, 2.05) is 13.8 Å². The fourth-order valence-electron chi connectivity index (χ4n) is 2.54. The summed E-state index contributed by atoms with van der Waals surface area (Å²) in [5.41, 5.74) is 0.664. The van der Waals surface area contributed by atoms with Crippen molar-refractivity contribution in [3.8, 4) is 5.75 Å². The molecule has 0 aliphatic rings. The molecule has 2 rings (SSSR count). The third-order valence-electron chi connectivity index (χ3n) is 3.88. The van der Waals surface area contributed by atoms with E-state index in [0.29, 0.717) is 16.7 Å². The molecule has 0 radical (unpaired) electrons. The lowest BCUT2D eigenvalue weighted by Gasteiger charge is -2.22. The fourth-order valence-corrected chi connectivity index (χ4v) is 2.54. The number of hydrogen-bond acceptors (Lipinski definition) is 3. The van der Waals surface area contributed by atoms with Gasteiger partial charge in [0.05, 0.1) is 12.6 Å². The van der Waals surface area contributed by atoms with Crippen molar-refractivity contribution in [1.29, 1.82) is 0 Å². The molecule has 1 unspecified atom stereocenters. The highest BCUT2D eigenvalue weighted by molar-refractivity contribution is 5.93. The van der Waals surface area contributed by atoms with Gasteiger partial charge in [0.1, 0.15) is 11.4 Å². The van der Waals surface area contributed by atoms with Gasteiger partial charge in [-0.15, -0.1) is 0 Å².